The van der Waals surface area contributed by atoms with Crippen molar-refractivity contribution in [2.45, 2.75) is 38.5 Å². The highest BCUT2D eigenvalue weighted by Crippen LogP contribution is 2.39. The van der Waals surface area contributed by atoms with E-state index in [2.05, 4.69) is 5.32 Å². The minimum Gasteiger partial charge on any atom is -0.465 e. The lowest BCUT2D eigenvalue weighted by atomic mass is 10.1. The van der Waals surface area contributed by atoms with E-state index in [4.69, 9.17) is 4.74 Å². The summed E-state index contributed by atoms with van der Waals surface area (Å²) < 4.78 is 4.92. The smallest absolute Gasteiger partial charge is 0.341 e. The number of aryl methyl sites for hydroxylation is 1. The first kappa shape index (κ1) is 18.7. The monoisotopic (exact) mass is 398 g/mol. The largest absolute Gasteiger partial charge is 0.465 e. The first-order chi connectivity index (χ1) is 13.6. The third-order valence-electron chi connectivity index (χ3n) is 5.30. The molecule has 1 aromatic heterocycles. The number of esters is 1. The molecule has 1 N–H and O–H groups in total. The molecule has 0 radical (unpaired) electrons. The molecule has 2 amide bonds. The van der Waals surface area contributed by atoms with E-state index in [0.29, 0.717) is 29.1 Å². The minimum atomic E-state index is -0.409. The van der Waals surface area contributed by atoms with Crippen LogP contribution in [0.2, 0.25) is 0 Å². The van der Waals surface area contributed by atoms with Crippen LogP contribution in [0.1, 0.15) is 56.8 Å². The number of nitrogens with zero attached hydrogens (tertiary/aromatic N) is 1. The molecule has 0 spiro atoms. The van der Waals surface area contributed by atoms with Crippen molar-refractivity contribution in [1.29, 1.82) is 0 Å². The van der Waals surface area contributed by atoms with Gasteiger partial charge in [0, 0.05) is 29.1 Å². The maximum absolute atomic E-state index is 12.7. The number of carbonyl (C=O) groups excluding carboxylic acids is 3. The number of piperidine rings is 1. The predicted molar refractivity (Wildman–Crippen MR) is 108 cm³/mol. The van der Waals surface area contributed by atoms with E-state index in [9.17, 15) is 14.4 Å². The number of amides is 2. The molecule has 1 aliphatic heterocycles. The van der Waals surface area contributed by atoms with Gasteiger partial charge in [0.2, 0.25) is 5.91 Å². The number of fused-ring (bicyclic) bond motifs is 1. The fourth-order valence-electron chi connectivity index (χ4n) is 3.86. The topological polar surface area (TPSA) is 75.7 Å². The molecular weight excluding hydrogens is 376 g/mol. The highest BCUT2D eigenvalue weighted by Gasteiger charge is 2.28. The Labute approximate surface area is 167 Å². The lowest BCUT2D eigenvalue weighted by Crippen LogP contribution is -2.35. The molecular formula is C21H22N2O4S. The summed E-state index contributed by atoms with van der Waals surface area (Å²) >= 11 is 1.46. The lowest BCUT2D eigenvalue weighted by Gasteiger charge is -2.26. The van der Waals surface area contributed by atoms with Gasteiger partial charge in [0.1, 0.15) is 5.00 Å². The number of methoxy groups -OCH3 is 1. The van der Waals surface area contributed by atoms with Gasteiger partial charge in [0.25, 0.3) is 5.91 Å². The number of ether oxygens (including phenoxy) is 1. The molecule has 1 fully saturated rings. The summed E-state index contributed by atoms with van der Waals surface area (Å²) in [6.07, 6.45) is 5.29. The molecule has 146 valence electrons. The quantitative estimate of drug-likeness (QED) is 0.795. The summed E-state index contributed by atoms with van der Waals surface area (Å²) in [6, 6.07) is 7.03. The first-order valence-electron chi connectivity index (χ1n) is 9.53. The summed E-state index contributed by atoms with van der Waals surface area (Å²) in [5, 5.41) is 3.43. The molecule has 2 heterocycles. The molecule has 1 aliphatic carbocycles. The average Bonchev–Trinajstić information content (AvgIpc) is 3.28. The number of hydrogen-bond acceptors (Lipinski definition) is 5. The van der Waals surface area contributed by atoms with Gasteiger partial charge in [0.05, 0.1) is 12.7 Å². The van der Waals surface area contributed by atoms with Crippen LogP contribution < -0.4 is 10.2 Å². The van der Waals surface area contributed by atoms with E-state index in [1.807, 2.05) is 0 Å². The summed E-state index contributed by atoms with van der Waals surface area (Å²) in [7, 11) is 1.35. The number of benzene rings is 1. The van der Waals surface area contributed by atoms with E-state index < -0.39 is 5.97 Å². The van der Waals surface area contributed by atoms with Crippen LogP contribution in [-0.2, 0) is 22.4 Å². The van der Waals surface area contributed by atoms with Crippen molar-refractivity contribution in [2.24, 2.45) is 0 Å². The van der Waals surface area contributed by atoms with Crippen molar-refractivity contribution in [3.63, 3.8) is 0 Å². The second-order valence-corrected chi connectivity index (χ2v) is 8.16. The average molecular weight is 398 g/mol. The van der Waals surface area contributed by atoms with Crippen LogP contribution in [-0.4, -0.2) is 31.4 Å². The lowest BCUT2D eigenvalue weighted by molar-refractivity contribution is -0.119. The molecule has 28 heavy (non-hydrogen) atoms. The van der Waals surface area contributed by atoms with E-state index in [1.54, 1.807) is 29.2 Å². The maximum Gasteiger partial charge on any atom is 0.341 e. The molecule has 1 aromatic carbocycles. The summed E-state index contributed by atoms with van der Waals surface area (Å²) in [5.41, 5.74) is 2.79. The molecule has 1 saturated heterocycles. The van der Waals surface area contributed by atoms with Crippen LogP contribution in [0, 0.1) is 0 Å². The third-order valence-corrected chi connectivity index (χ3v) is 6.51. The standard InChI is InChI=1S/C21H22N2O4S/c1-27-21(26)18-15-5-4-6-16(15)28-20(18)22-19(25)13-8-10-14(11-9-13)23-12-3-2-7-17(23)24/h8-11H,2-7,12H2,1H3,(H,22,25). The Bertz CT molecular complexity index is 933. The Morgan fingerprint density at radius 3 is 2.57 bits per heavy atom. The fraction of sp³-hybridized carbons (Fsp3) is 0.381. The number of rotatable bonds is 4. The van der Waals surface area contributed by atoms with Gasteiger partial charge >= 0.3 is 5.97 Å². The summed E-state index contributed by atoms with van der Waals surface area (Å²) in [4.78, 5) is 39.9. The number of carbonyl (C=O) groups is 3. The van der Waals surface area contributed by atoms with Crippen molar-refractivity contribution in [2.75, 3.05) is 23.9 Å². The van der Waals surface area contributed by atoms with E-state index in [1.165, 1.54) is 18.4 Å². The van der Waals surface area contributed by atoms with E-state index >= 15 is 0 Å². The molecule has 2 aromatic rings. The van der Waals surface area contributed by atoms with Crippen LogP contribution >= 0.6 is 11.3 Å². The van der Waals surface area contributed by atoms with Crippen LogP contribution in [0.5, 0.6) is 0 Å². The highest BCUT2D eigenvalue weighted by molar-refractivity contribution is 7.17. The Morgan fingerprint density at radius 1 is 1.07 bits per heavy atom. The third kappa shape index (κ3) is 3.42. The minimum absolute atomic E-state index is 0.124. The van der Waals surface area contributed by atoms with Crippen LogP contribution in [0.25, 0.3) is 0 Å². The van der Waals surface area contributed by atoms with Gasteiger partial charge in [-0.15, -0.1) is 11.3 Å². The molecule has 6 nitrogen and oxygen atoms in total. The normalized spacial score (nSPS) is 16.0. The molecule has 4 rings (SSSR count). The van der Waals surface area contributed by atoms with Crippen LogP contribution in [0.15, 0.2) is 24.3 Å². The Kier molecular flexibility index (Phi) is 5.17. The summed E-state index contributed by atoms with van der Waals surface area (Å²) in [5.74, 6) is -0.561. The van der Waals surface area contributed by atoms with Gasteiger partial charge in [-0.2, -0.15) is 0 Å². The van der Waals surface area contributed by atoms with Crippen molar-refractivity contribution in [3.8, 4) is 0 Å². The van der Waals surface area contributed by atoms with Gasteiger partial charge in [0.15, 0.2) is 0 Å². The number of thiophene rings is 1. The van der Waals surface area contributed by atoms with Gasteiger partial charge in [-0.05, 0) is 61.9 Å². The second kappa shape index (κ2) is 7.75. The molecule has 2 aliphatic rings. The fourth-order valence-corrected chi connectivity index (χ4v) is 5.13. The number of anilines is 2. The van der Waals surface area contributed by atoms with Crippen molar-refractivity contribution >= 4 is 39.8 Å². The molecule has 0 saturated carbocycles. The van der Waals surface area contributed by atoms with Gasteiger partial charge in [-0.1, -0.05) is 0 Å². The zero-order valence-electron chi connectivity index (χ0n) is 15.7. The molecule has 0 bridgehead atoms. The number of hydrogen-bond donors (Lipinski definition) is 1. The Hall–Kier alpha value is -2.67. The highest BCUT2D eigenvalue weighted by atomic mass is 32.1. The second-order valence-electron chi connectivity index (χ2n) is 7.06. The maximum atomic E-state index is 12.7. The molecule has 0 unspecified atom stereocenters. The van der Waals surface area contributed by atoms with Crippen molar-refractivity contribution < 1.29 is 19.1 Å². The van der Waals surface area contributed by atoms with Crippen LogP contribution in [0.4, 0.5) is 10.7 Å². The number of nitrogens with one attached hydrogen (secondary N) is 1. The van der Waals surface area contributed by atoms with Crippen LogP contribution in [0.3, 0.4) is 0 Å². The van der Waals surface area contributed by atoms with Gasteiger partial charge in [-0.3, -0.25) is 9.59 Å². The molecule has 0 atom stereocenters. The first-order valence-corrected chi connectivity index (χ1v) is 10.3. The molecule has 7 heteroatoms. The SMILES string of the molecule is COC(=O)c1c(NC(=O)c2ccc(N3CCCCC3=O)cc2)sc2c1CCC2. The van der Waals surface area contributed by atoms with E-state index in [0.717, 1.165) is 48.2 Å². The zero-order valence-corrected chi connectivity index (χ0v) is 16.6. The van der Waals surface area contributed by atoms with Crippen molar-refractivity contribution in [1.82, 2.24) is 0 Å². The predicted octanol–water partition coefficient (Wildman–Crippen LogP) is 3.79. The Morgan fingerprint density at radius 2 is 1.86 bits per heavy atom. The Balaban J connectivity index is 1.53. The van der Waals surface area contributed by atoms with E-state index in [-0.39, 0.29) is 11.8 Å². The van der Waals surface area contributed by atoms with Gasteiger partial charge in [-0.25, -0.2) is 4.79 Å². The van der Waals surface area contributed by atoms with Gasteiger partial charge < -0.3 is 15.0 Å². The van der Waals surface area contributed by atoms with Crippen molar-refractivity contribution in [3.05, 3.63) is 45.8 Å². The summed E-state index contributed by atoms with van der Waals surface area (Å²) in [6.45, 7) is 0.716. The zero-order chi connectivity index (χ0) is 19.7.